The number of pyridine rings is 1. The molecule has 168 valence electrons. The van der Waals surface area contributed by atoms with Crippen molar-refractivity contribution in [3.63, 3.8) is 0 Å². The summed E-state index contributed by atoms with van der Waals surface area (Å²) in [6.07, 6.45) is 7.78. The zero-order valence-electron chi connectivity index (χ0n) is 18.3. The molecule has 3 aromatic rings. The number of carbonyl (C=O) groups excluding carboxylic acids is 1. The first-order valence-electron chi connectivity index (χ1n) is 10.4. The molecule has 2 aromatic carbocycles. The molecule has 4 rings (SSSR count). The van der Waals surface area contributed by atoms with E-state index in [0.29, 0.717) is 22.6 Å². The van der Waals surface area contributed by atoms with E-state index in [2.05, 4.69) is 21.3 Å². The fourth-order valence-corrected chi connectivity index (χ4v) is 3.53. The van der Waals surface area contributed by atoms with Crippen molar-refractivity contribution in [3.8, 4) is 11.5 Å². The van der Waals surface area contributed by atoms with Gasteiger partial charge < -0.3 is 15.0 Å². The van der Waals surface area contributed by atoms with Crippen molar-refractivity contribution in [2.24, 2.45) is 0 Å². The molecule has 1 aliphatic rings. The van der Waals surface area contributed by atoms with Gasteiger partial charge in [-0.05, 0) is 54.4 Å². The fourth-order valence-electron chi connectivity index (χ4n) is 3.53. The molecule has 1 N–H and O–H groups in total. The van der Waals surface area contributed by atoms with Crippen LogP contribution in [0.15, 0.2) is 73.1 Å². The normalized spacial score (nSPS) is 13.0. The Hall–Kier alpha value is -4.00. The molecular weight excluding hydrogens is 424 g/mol. The fraction of sp³-hybridized carbons (Fsp3) is 0.154. The molecule has 0 atom stereocenters. The Bertz CT molecular complexity index is 1230. The van der Waals surface area contributed by atoms with Crippen LogP contribution in [-0.4, -0.2) is 29.4 Å². The second-order valence-electron chi connectivity index (χ2n) is 7.90. The average Bonchev–Trinajstić information content (AvgIpc) is 2.76. The first kappa shape index (κ1) is 22.2. The summed E-state index contributed by atoms with van der Waals surface area (Å²) in [6.45, 7) is 2.71. The number of hydrogen-bond donors (Lipinski definition) is 1. The number of halogens is 2. The Balaban J connectivity index is 1.49. The highest BCUT2D eigenvalue weighted by Crippen LogP contribution is 2.27. The molecule has 7 heteroatoms. The number of aromatic nitrogens is 1. The number of hydrogen-bond acceptors (Lipinski definition) is 4. The van der Waals surface area contributed by atoms with Crippen LogP contribution in [0.25, 0.3) is 5.57 Å². The van der Waals surface area contributed by atoms with Crippen LogP contribution in [0.3, 0.4) is 0 Å². The van der Waals surface area contributed by atoms with Gasteiger partial charge in [0.05, 0.1) is 5.69 Å². The van der Waals surface area contributed by atoms with Gasteiger partial charge in [0.25, 0.3) is 5.91 Å². The van der Waals surface area contributed by atoms with Crippen LogP contribution in [0.2, 0.25) is 0 Å². The molecule has 0 aliphatic carbocycles. The standard InChI is InChI=1S/C26H23F2N3O2/c1-17-8-20(26(32)30-15-18-10-21(27)13-22(28)11-18)12-24(9-17)33-23-5-6-29-25(14-23)19-4-3-7-31(2)16-19/h3-6,8-14,16H,7,15H2,1-2H3,(H,30,32). The lowest BCUT2D eigenvalue weighted by Gasteiger charge is -2.17. The molecule has 0 bridgehead atoms. The third kappa shape index (κ3) is 5.83. The van der Waals surface area contributed by atoms with Crippen molar-refractivity contribution in [1.82, 2.24) is 15.2 Å². The van der Waals surface area contributed by atoms with Gasteiger partial charge in [0, 0.05) is 55.8 Å². The molecule has 0 saturated carbocycles. The van der Waals surface area contributed by atoms with Gasteiger partial charge in [0.15, 0.2) is 0 Å². The molecule has 2 heterocycles. The van der Waals surface area contributed by atoms with Crippen LogP contribution in [-0.2, 0) is 6.54 Å². The summed E-state index contributed by atoms with van der Waals surface area (Å²) in [6, 6.07) is 11.9. The number of likely N-dealkylation sites (N-methyl/N-ethyl adjacent to an activating group) is 1. The van der Waals surface area contributed by atoms with E-state index < -0.39 is 11.6 Å². The van der Waals surface area contributed by atoms with Gasteiger partial charge in [-0.1, -0.05) is 12.2 Å². The molecule has 0 radical (unpaired) electrons. The minimum absolute atomic E-state index is 0.00242. The van der Waals surface area contributed by atoms with Crippen molar-refractivity contribution in [2.75, 3.05) is 13.6 Å². The molecule has 1 aromatic heterocycles. The molecular formula is C26H23F2N3O2. The Kier molecular flexibility index (Phi) is 6.49. The third-order valence-electron chi connectivity index (χ3n) is 5.00. The number of carbonyl (C=O) groups is 1. The Labute approximate surface area is 191 Å². The first-order chi connectivity index (χ1) is 15.9. The van der Waals surface area contributed by atoms with E-state index in [4.69, 9.17) is 4.74 Å². The Morgan fingerprint density at radius 3 is 2.64 bits per heavy atom. The summed E-state index contributed by atoms with van der Waals surface area (Å²) in [7, 11) is 1.99. The molecule has 33 heavy (non-hydrogen) atoms. The van der Waals surface area contributed by atoms with E-state index in [-0.39, 0.29) is 12.5 Å². The number of nitrogens with zero attached hydrogens (tertiary/aromatic N) is 2. The molecule has 0 unspecified atom stereocenters. The lowest BCUT2D eigenvalue weighted by molar-refractivity contribution is 0.0950. The van der Waals surface area contributed by atoms with Gasteiger partial charge in [0.2, 0.25) is 0 Å². The summed E-state index contributed by atoms with van der Waals surface area (Å²) < 4.78 is 32.8. The largest absolute Gasteiger partial charge is 0.457 e. The quantitative estimate of drug-likeness (QED) is 0.562. The smallest absolute Gasteiger partial charge is 0.251 e. The number of benzene rings is 2. The van der Waals surface area contributed by atoms with E-state index in [1.165, 1.54) is 12.1 Å². The number of aryl methyl sites for hydroxylation is 1. The average molecular weight is 447 g/mol. The van der Waals surface area contributed by atoms with Gasteiger partial charge in [-0.3, -0.25) is 9.78 Å². The number of ether oxygens (including phenoxy) is 1. The highest BCUT2D eigenvalue weighted by Gasteiger charge is 2.11. The Morgan fingerprint density at radius 1 is 1.09 bits per heavy atom. The number of nitrogens with one attached hydrogen (secondary N) is 1. The lowest BCUT2D eigenvalue weighted by Crippen LogP contribution is -2.23. The van der Waals surface area contributed by atoms with Crippen molar-refractivity contribution >= 4 is 11.5 Å². The van der Waals surface area contributed by atoms with Crippen LogP contribution in [0.5, 0.6) is 11.5 Å². The summed E-state index contributed by atoms with van der Waals surface area (Å²) in [5.74, 6) is -0.653. The molecule has 0 spiro atoms. The summed E-state index contributed by atoms with van der Waals surface area (Å²) in [5, 5.41) is 2.69. The summed E-state index contributed by atoms with van der Waals surface area (Å²) in [5.41, 5.74) is 3.32. The Morgan fingerprint density at radius 2 is 1.88 bits per heavy atom. The molecule has 1 amide bonds. The SMILES string of the molecule is Cc1cc(Oc2ccnc(C3=CN(C)CC=C3)c2)cc(C(=O)NCc2cc(F)cc(F)c2)c1. The van der Waals surface area contributed by atoms with Crippen LogP contribution in [0.1, 0.15) is 27.2 Å². The molecule has 1 aliphatic heterocycles. The number of rotatable bonds is 6. The van der Waals surface area contributed by atoms with Crippen molar-refractivity contribution < 1.29 is 18.3 Å². The maximum absolute atomic E-state index is 13.4. The highest BCUT2D eigenvalue weighted by molar-refractivity contribution is 5.94. The van der Waals surface area contributed by atoms with Crippen molar-refractivity contribution in [1.29, 1.82) is 0 Å². The second kappa shape index (κ2) is 9.65. The molecule has 5 nitrogen and oxygen atoms in total. The van der Waals surface area contributed by atoms with Gasteiger partial charge in [-0.15, -0.1) is 0 Å². The lowest BCUT2D eigenvalue weighted by atomic mass is 10.1. The molecule has 0 saturated heterocycles. The predicted molar refractivity (Wildman–Crippen MR) is 123 cm³/mol. The highest BCUT2D eigenvalue weighted by atomic mass is 19.1. The van der Waals surface area contributed by atoms with E-state index in [1.807, 2.05) is 38.4 Å². The zero-order valence-corrected chi connectivity index (χ0v) is 18.3. The van der Waals surface area contributed by atoms with E-state index in [1.54, 1.807) is 24.4 Å². The van der Waals surface area contributed by atoms with Gasteiger partial charge >= 0.3 is 0 Å². The van der Waals surface area contributed by atoms with Crippen LogP contribution in [0, 0.1) is 18.6 Å². The van der Waals surface area contributed by atoms with Crippen LogP contribution >= 0.6 is 0 Å². The van der Waals surface area contributed by atoms with Crippen molar-refractivity contribution in [2.45, 2.75) is 13.5 Å². The maximum atomic E-state index is 13.4. The minimum Gasteiger partial charge on any atom is -0.457 e. The van der Waals surface area contributed by atoms with Crippen molar-refractivity contribution in [3.05, 3.63) is 107 Å². The third-order valence-corrected chi connectivity index (χ3v) is 5.00. The van der Waals surface area contributed by atoms with E-state index in [9.17, 15) is 13.6 Å². The summed E-state index contributed by atoms with van der Waals surface area (Å²) in [4.78, 5) is 19.1. The minimum atomic E-state index is -0.687. The number of amides is 1. The zero-order chi connectivity index (χ0) is 23.4. The predicted octanol–water partition coefficient (Wildman–Crippen LogP) is 5.23. The molecule has 0 fully saturated rings. The van der Waals surface area contributed by atoms with Crippen LogP contribution in [0.4, 0.5) is 8.78 Å². The van der Waals surface area contributed by atoms with E-state index >= 15 is 0 Å². The topological polar surface area (TPSA) is 54.5 Å². The monoisotopic (exact) mass is 447 g/mol. The number of allylic oxidation sites excluding steroid dienone is 2. The van der Waals surface area contributed by atoms with E-state index in [0.717, 1.165) is 29.4 Å². The van der Waals surface area contributed by atoms with Crippen LogP contribution < -0.4 is 10.1 Å². The first-order valence-corrected chi connectivity index (χ1v) is 10.4. The summed E-state index contributed by atoms with van der Waals surface area (Å²) >= 11 is 0. The maximum Gasteiger partial charge on any atom is 0.251 e. The van der Waals surface area contributed by atoms with Gasteiger partial charge in [-0.25, -0.2) is 8.78 Å². The second-order valence-corrected chi connectivity index (χ2v) is 7.90. The van der Waals surface area contributed by atoms with Gasteiger partial charge in [0.1, 0.15) is 23.1 Å². The van der Waals surface area contributed by atoms with Gasteiger partial charge in [-0.2, -0.15) is 0 Å².